The lowest BCUT2D eigenvalue weighted by atomic mass is 10.2. The summed E-state index contributed by atoms with van der Waals surface area (Å²) in [4.78, 5) is 17.1. The molecule has 0 unspecified atom stereocenters. The van der Waals surface area contributed by atoms with E-state index < -0.39 is 10.0 Å². The number of nitrogens with one attached hydrogen (secondary N) is 1. The van der Waals surface area contributed by atoms with E-state index in [1.165, 1.54) is 12.3 Å². The monoisotopic (exact) mass is 414 g/mol. The second-order valence-corrected chi connectivity index (χ2v) is 8.49. The fourth-order valence-corrected chi connectivity index (χ4v) is 4.41. The molecule has 2 aromatic heterocycles. The predicted octanol–water partition coefficient (Wildman–Crippen LogP) is 1.73. The number of nitrogens with zero attached hydrogens (tertiary/aromatic N) is 5. The topological polar surface area (TPSA) is 101 Å². The van der Waals surface area contributed by atoms with Crippen molar-refractivity contribution in [1.29, 1.82) is 0 Å². The minimum Gasteiger partial charge on any atom is -0.378 e. The summed E-state index contributed by atoms with van der Waals surface area (Å²) in [5, 5.41) is 0.752. The molecule has 1 saturated heterocycles. The maximum Gasteiger partial charge on any atom is 0.264 e. The van der Waals surface area contributed by atoms with Gasteiger partial charge in [-0.3, -0.25) is 9.71 Å². The predicted molar refractivity (Wildman–Crippen MR) is 112 cm³/mol. The van der Waals surface area contributed by atoms with Crippen molar-refractivity contribution >= 4 is 38.4 Å². The zero-order valence-electron chi connectivity index (χ0n) is 16.2. The molecule has 0 spiro atoms. The number of hydrogen-bond donors (Lipinski definition) is 1. The Morgan fingerprint density at radius 1 is 1.10 bits per heavy atom. The third-order valence-corrected chi connectivity index (χ3v) is 6.00. The highest BCUT2D eigenvalue weighted by molar-refractivity contribution is 7.93. The lowest BCUT2D eigenvalue weighted by Gasteiger charge is -2.28. The van der Waals surface area contributed by atoms with Crippen LogP contribution in [0.2, 0.25) is 0 Å². The smallest absolute Gasteiger partial charge is 0.264 e. The number of pyridine rings is 1. The van der Waals surface area contributed by atoms with Gasteiger partial charge in [0.1, 0.15) is 10.6 Å². The average molecular weight is 414 g/mol. The molecule has 0 amide bonds. The fourth-order valence-electron chi connectivity index (χ4n) is 3.19. The molecule has 3 heterocycles. The van der Waals surface area contributed by atoms with Gasteiger partial charge in [-0.1, -0.05) is 18.2 Å². The first-order valence-electron chi connectivity index (χ1n) is 9.19. The van der Waals surface area contributed by atoms with E-state index in [1.807, 2.05) is 31.1 Å². The molecule has 9 nitrogen and oxygen atoms in total. The lowest BCUT2D eigenvalue weighted by Crippen LogP contribution is -2.37. The number of benzene rings is 1. The molecule has 4 rings (SSSR count). The number of hydrogen-bond acceptors (Lipinski definition) is 8. The van der Waals surface area contributed by atoms with Crippen LogP contribution < -0.4 is 14.5 Å². The van der Waals surface area contributed by atoms with E-state index in [0.717, 1.165) is 5.39 Å². The molecular weight excluding hydrogens is 392 g/mol. The summed E-state index contributed by atoms with van der Waals surface area (Å²) in [7, 11) is -0.270. The van der Waals surface area contributed by atoms with Crippen LogP contribution in [0.3, 0.4) is 0 Å². The number of anilines is 3. The van der Waals surface area contributed by atoms with Crippen molar-refractivity contribution in [2.45, 2.75) is 4.90 Å². The van der Waals surface area contributed by atoms with Crippen LogP contribution in [0.5, 0.6) is 0 Å². The molecule has 0 saturated carbocycles. The molecule has 3 aromatic rings. The van der Waals surface area contributed by atoms with Gasteiger partial charge in [0, 0.05) is 38.8 Å². The second-order valence-electron chi connectivity index (χ2n) is 6.84. The maximum absolute atomic E-state index is 13.1. The van der Waals surface area contributed by atoms with Crippen molar-refractivity contribution < 1.29 is 13.2 Å². The van der Waals surface area contributed by atoms with Crippen LogP contribution >= 0.6 is 0 Å². The summed E-state index contributed by atoms with van der Waals surface area (Å²) < 4.78 is 34.2. The molecular formula is C19H22N6O3S. The second kappa shape index (κ2) is 7.80. The number of ether oxygens (including phenoxy) is 1. The SMILES string of the molecule is CN(C)c1nc(N2CCOCC2)ncc1NS(=O)(=O)c1cccc2cccnc12. The summed E-state index contributed by atoms with van der Waals surface area (Å²) in [5.41, 5.74) is 0.722. The third kappa shape index (κ3) is 3.94. The van der Waals surface area contributed by atoms with Crippen LogP contribution in [0.4, 0.5) is 17.5 Å². The molecule has 0 aliphatic carbocycles. The molecule has 1 fully saturated rings. The Hall–Kier alpha value is -2.98. The normalized spacial score (nSPS) is 14.8. The summed E-state index contributed by atoms with van der Waals surface area (Å²) in [6.45, 7) is 2.62. The number of rotatable bonds is 5. The first-order valence-corrected chi connectivity index (χ1v) is 10.7. The highest BCUT2D eigenvalue weighted by Crippen LogP contribution is 2.28. The van der Waals surface area contributed by atoms with Gasteiger partial charge >= 0.3 is 0 Å². The molecule has 0 bridgehead atoms. The maximum atomic E-state index is 13.1. The van der Waals surface area contributed by atoms with E-state index >= 15 is 0 Å². The van der Waals surface area contributed by atoms with Crippen molar-refractivity contribution in [2.75, 3.05) is 54.9 Å². The molecule has 10 heteroatoms. The van der Waals surface area contributed by atoms with Gasteiger partial charge in [0.15, 0.2) is 5.82 Å². The minimum absolute atomic E-state index is 0.109. The molecule has 152 valence electrons. The van der Waals surface area contributed by atoms with Crippen LogP contribution in [0.1, 0.15) is 0 Å². The fraction of sp³-hybridized carbons (Fsp3) is 0.316. The number of morpholine rings is 1. The van der Waals surface area contributed by atoms with Gasteiger partial charge in [-0.15, -0.1) is 0 Å². The van der Waals surface area contributed by atoms with E-state index in [0.29, 0.717) is 49.3 Å². The minimum atomic E-state index is -3.89. The Morgan fingerprint density at radius 2 is 1.86 bits per heavy atom. The van der Waals surface area contributed by atoms with Crippen LogP contribution in [0.25, 0.3) is 10.9 Å². The largest absolute Gasteiger partial charge is 0.378 e. The molecule has 0 radical (unpaired) electrons. The van der Waals surface area contributed by atoms with Crippen molar-refractivity contribution in [1.82, 2.24) is 15.0 Å². The number of fused-ring (bicyclic) bond motifs is 1. The van der Waals surface area contributed by atoms with Crippen molar-refractivity contribution in [3.8, 4) is 0 Å². The van der Waals surface area contributed by atoms with Gasteiger partial charge in [-0.05, 0) is 12.1 Å². The van der Waals surface area contributed by atoms with E-state index in [1.54, 1.807) is 23.2 Å². The molecule has 1 aromatic carbocycles. The van der Waals surface area contributed by atoms with Gasteiger partial charge in [0.2, 0.25) is 5.95 Å². The van der Waals surface area contributed by atoms with E-state index in [4.69, 9.17) is 4.74 Å². The van der Waals surface area contributed by atoms with Crippen molar-refractivity contribution in [2.24, 2.45) is 0 Å². The van der Waals surface area contributed by atoms with Crippen LogP contribution in [0, 0.1) is 0 Å². The van der Waals surface area contributed by atoms with Gasteiger partial charge in [0.05, 0.1) is 24.9 Å². The van der Waals surface area contributed by atoms with Gasteiger partial charge in [-0.2, -0.15) is 4.98 Å². The third-order valence-electron chi connectivity index (χ3n) is 4.60. The first-order chi connectivity index (χ1) is 14.0. The Kier molecular flexibility index (Phi) is 5.20. The zero-order chi connectivity index (χ0) is 20.4. The molecule has 1 aliphatic rings. The first kappa shape index (κ1) is 19.3. The van der Waals surface area contributed by atoms with Crippen LogP contribution in [-0.2, 0) is 14.8 Å². The Morgan fingerprint density at radius 3 is 2.62 bits per heavy atom. The number of sulfonamides is 1. The van der Waals surface area contributed by atoms with Gasteiger partial charge in [0.25, 0.3) is 10.0 Å². The average Bonchev–Trinajstić information content (AvgIpc) is 2.74. The van der Waals surface area contributed by atoms with E-state index in [-0.39, 0.29) is 4.90 Å². The van der Waals surface area contributed by atoms with Crippen LogP contribution in [0.15, 0.2) is 47.6 Å². The van der Waals surface area contributed by atoms with Crippen molar-refractivity contribution in [3.05, 3.63) is 42.7 Å². The number of para-hydroxylation sites is 1. The number of aromatic nitrogens is 3. The Bertz CT molecular complexity index is 1120. The summed E-state index contributed by atoms with van der Waals surface area (Å²) >= 11 is 0. The summed E-state index contributed by atoms with van der Waals surface area (Å²) in [5.74, 6) is 1.03. The highest BCUT2D eigenvalue weighted by Gasteiger charge is 2.23. The standard InChI is InChI=1S/C19H22N6O3S/c1-24(2)18-15(13-21-19(22-18)25-9-11-28-12-10-25)23-29(26,27)16-7-3-5-14-6-4-8-20-17(14)16/h3-8,13,23H,9-12H2,1-2H3. The van der Waals surface area contributed by atoms with E-state index in [9.17, 15) is 8.42 Å². The lowest BCUT2D eigenvalue weighted by molar-refractivity contribution is 0.122. The van der Waals surface area contributed by atoms with Gasteiger partial charge < -0.3 is 14.5 Å². The summed E-state index contributed by atoms with van der Waals surface area (Å²) in [6.07, 6.45) is 3.08. The Labute approximate surface area is 169 Å². The van der Waals surface area contributed by atoms with E-state index in [2.05, 4.69) is 19.7 Å². The molecule has 1 N–H and O–H groups in total. The molecule has 0 atom stereocenters. The summed E-state index contributed by atoms with van der Waals surface area (Å²) in [6, 6.07) is 8.66. The quantitative estimate of drug-likeness (QED) is 0.674. The van der Waals surface area contributed by atoms with Crippen molar-refractivity contribution in [3.63, 3.8) is 0 Å². The van der Waals surface area contributed by atoms with Crippen LogP contribution in [-0.4, -0.2) is 63.8 Å². The van der Waals surface area contributed by atoms with Gasteiger partial charge in [-0.25, -0.2) is 13.4 Å². The highest BCUT2D eigenvalue weighted by atomic mass is 32.2. The Balaban J connectivity index is 1.70. The molecule has 1 aliphatic heterocycles. The zero-order valence-corrected chi connectivity index (χ0v) is 17.1. The molecule has 29 heavy (non-hydrogen) atoms.